The van der Waals surface area contributed by atoms with Crippen LogP contribution in [-0.2, 0) is 21.7 Å². The van der Waals surface area contributed by atoms with Crippen LogP contribution in [0.2, 0.25) is 0 Å². The van der Waals surface area contributed by atoms with Crippen molar-refractivity contribution in [3.8, 4) is 39.1 Å². The highest BCUT2D eigenvalue weighted by Gasteiger charge is 2.40. The molecule has 0 saturated heterocycles. The Kier molecular flexibility index (Phi) is 9.01. The van der Waals surface area contributed by atoms with Crippen LogP contribution in [0, 0.1) is 0 Å². The quantitative estimate of drug-likeness (QED) is 0.178. The lowest BCUT2D eigenvalue weighted by Crippen LogP contribution is -2.38. The normalized spacial score (nSPS) is 15.7. The Bertz CT molecular complexity index is 3840. The third kappa shape index (κ3) is 6.29. The van der Waals surface area contributed by atoms with Crippen LogP contribution < -0.4 is 21.1 Å². The van der Waals surface area contributed by atoms with Crippen molar-refractivity contribution in [3.05, 3.63) is 203 Å². The van der Waals surface area contributed by atoms with Gasteiger partial charge in [-0.25, -0.2) is 0 Å². The van der Waals surface area contributed by atoms with Crippen molar-refractivity contribution >= 4 is 68.3 Å². The van der Waals surface area contributed by atoms with Gasteiger partial charge in [0.25, 0.3) is 0 Å². The second kappa shape index (κ2) is 14.6. The summed E-state index contributed by atoms with van der Waals surface area (Å²) in [6, 6.07) is 56.0. The maximum atomic E-state index is 4.71. The van der Waals surface area contributed by atoms with E-state index in [2.05, 4.69) is 243 Å². The molecule has 1 aromatic heterocycles. The number of anilines is 3. The summed E-state index contributed by atoms with van der Waals surface area (Å²) in [5, 5.41) is 6.64. The first kappa shape index (κ1) is 43.7. The van der Waals surface area contributed by atoms with Crippen molar-refractivity contribution < 1.29 is 0 Å². The van der Waals surface area contributed by atoms with Gasteiger partial charge in [-0.1, -0.05) is 184 Å². The van der Waals surface area contributed by atoms with Gasteiger partial charge in [0.05, 0.1) is 11.2 Å². The van der Waals surface area contributed by atoms with Crippen LogP contribution in [-0.4, -0.2) is 18.9 Å². The van der Waals surface area contributed by atoms with Gasteiger partial charge >= 0.3 is 0 Å². The number of nitrogens with one attached hydrogen (secondary N) is 1. The molecule has 0 atom stereocenters. The Morgan fingerprint density at radius 2 is 1.17 bits per heavy atom. The molecular weight excluding hydrogens is 858 g/mol. The molecular formula is C67H62BN3. The van der Waals surface area contributed by atoms with Gasteiger partial charge in [-0.3, -0.25) is 0 Å². The molecule has 0 bridgehead atoms. The monoisotopic (exact) mass is 920 g/mol. The first-order valence-electron chi connectivity index (χ1n) is 25.6. The number of hydrogen-bond donors (Lipinski definition) is 1. The van der Waals surface area contributed by atoms with E-state index in [0.29, 0.717) is 0 Å². The van der Waals surface area contributed by atoms with E-state index in [1.807, 2.05) is 0 Å². The molecule has 1 N–H and O–H groups in total. The molecule has 13 rings (SSSR count). The predicted molar refractivity (Wildman–Crippen MR) is 307 cm³/mol. The molecule has 3 nitrogen and oxygen atoms in total. The van der Waals surface area contributed by atoms with Gasteiger partial charge in [0, 0.05) is 68.1 Å². The summed E-state index contributed by atoms with van der Waals surface area (Å²) in [6.45, 7) is 28.2. The van der Waals surface area contributed by atoms with Crippen molar-refractivity contribution in [3.63, 3.8) is 0 Å². The molecule has 71 heavy (non-hydrogen) atoms. The van der Waals surface area contributed by atoms with E-state index in [0.717, 1.165) is 29.9 Å². The molecule has 0 amide bonds. The zero-order valence-electron chi connectivity index (χ0n) is 43.2. The minimum absolute atomic E-state index is 0.0250. The van der Waals surface area contributed by atoms with Gasteiger partial charge < -0.3 is 14.8 Å². The van der Waals surface area contributed by atoms with Gasteiger partial charge in [-0.15, -0.1) is 0 Å². The molecule has 0 fully saturated rings. The van der Waals surface area contributed by atoms with Crippen LogP contribution in [0.4, 0.5) is 17.1 Å². The Hall–Kier alpha value is -7.30. The van der Waals surface area contributed by atoms with E-state index in [-0.39, 0.29) is 21.7 Å². The van der Waals surface area contributed by atoms with E-state index < -0.39 is 0 Å². The van der Waals surface area contributed by atoms with Crippen LogP contribution in [0.15, 0.2) is 158 Å². The van der Waals surface area contributed by atoms with Crippen LogP contribution >= 0.6 is 0 Å². The summed E-state index contributed by atoms with van der Waals surface area (Å²) < 4.78 is 2.64. The third-order valence-electron chi connectivity index (χ3n) is 17.0. The lowest BCUT2D eigenvalue weighted by molar-refractivity contribution is 0.589. The molecule has 348 valence electrons. The van der Waals surface area contributed by atoms with E-state index in [4.69, 9.17) is 6.58 Å². The second-order valence-electron chi connectivity index (χ2n) is 24.1. The van der Waals surface area contributed by atoms with Crippen LogP contribution in [0.5, 0.6) is 0 Å². The summed E-state index contributed by atoms with van der Waals surface area (Å²) in [5.74, 6) is 0. The fraction of sp³-hybridized carbons (Fsp3) is 0.224. The predicted octanol–water partition coefficient (Wildman–Crippen LogP) is 15.6. The van der Waals surface area contributed by atoms with Crippen LogP contribution in [0.25, 0.3) is 72.1 Å². The van der Waals surface area contributed by atoms with Gasteiger partial charge in [-0.2, -0.15) is 0 Å². The first-order chi connectivity index (χ1) is 33.8. The minimum atomic E-state index is -0.175. The fourth-order valence-corrected chi connectivity index (χ4v) is 12.9. The maximum Gasteiger partial charge on any atom is 0.198 e. The lowest BCUT2D eigenvalue weighted by Gasteiger charge is -2.33. The summed E-state index contributed by atoms with van der Waals surface area (Å²) in [5.41, 5.74) is 30.3. The number of nitrogens with zero attached hydrogens (tertiary/aromatic N) is 2. The third-order valence-corrected chi connectivity index (χ3v) is 17.0. The summed E-state index contributed by atoms with van der Waals surface area (Å²) in [6.07, 6.45) is 2.26. The van der Waals surface area contributed by atoms with Gasteiger partial charge in [-0.05, 0) is 137 Å². The highest BCUT2D eigenvalue weighted by Crippen LogP contribution is 2.54. The van der Waals surface area contributed by atoms with Gasteiger partial charge in [0.15, 0.2) is 7.28 Å². The highest BCUT2D eigenvalue weighted by atomic mass is 15.1. The van der Waals surface area contributed by atoms with Gasteiger partial charge in [0.2, 0.25) is 0 Å². The number of rotatable bonds is 4. The Morgan fingerprint density at radius 1 is 0.521 bits per heavy atom. The molecule has 2 aliphatic carbocycles. The second-order valence-corrected chi connectivity index (χ2v) is 24.1. The zero-order chi connectivity index (χ0) is 49.3. The standard InChI is InChI=1S/C67H62BN3/c1-38-30-58(39-18-14-13-15-19-39)70(12)59-37-61-56(34-46(38)59)68-62-44(27-28-45-51-33-48-43-20-16-17-21-52(43)66(8,9)55(48)36-60(51)71(61)63(45)62)50-32-49-47-31-41(65(5,6)7)24-29-53(47)67(10,11)54(49)35-57(50)69-42-25-22-40(23-26-42)64(2,3)4/h13-37,68-69H,1H2,2-12H3. The van der Waals surface area contributed by atoms with E-state index in [9.17, 15) is 0 Å². The molecule has 0 saturated carbocycles. The largest absolute Gasteiger partial charge is 0.355 e. The van der Waals surface area contributed by atoms with Crippen LogP contribution in [0.1, 0.15) is 114 Å². The van der Waals surface area contributed by atoms with Crippen LogP contribution in [0.3, 0.4) is 0 Å². The number of benzene rings is 8. The summed E-state index contributed by atoms with van der Waals surface area (Å²) >= 11 is 0. The average molecular weight is 920 g/mol. The van der Waals surface area contributed by atoms with Crippen molar-refractivity contribution in [1.82, 2.24) is 4.57 Å². The van der Waals surface area contributed by atoms with E-state index in [1.54, 1.807) is 0 Å². The zero-order valence-corrected chi connectivity index (χ0v) is 43.2. The Morgan fingerprint density at radius 3 is 1.90 bits per heavy atom. The van der Waals surface area contributed by atoms with Crippen molar-refractivity contribution in [2.24, 2.45) is 0 Å². The molecule has 9 aromatic rings. The van der Waals surface area contributed by atoms with Crippen molar-refractivity contribution in [2.45, 2.75) is 90.9 Å². The molecule has 0 spiro atoms. The maximum absolute atomic E-state index is 4.71. The van der Waals surface area contributed by atoms with Crippen molar-refractivity contribution in [1.29, 1.82) is 0 Å². The topological polar surface area (TPSA) is 20.2 Å². The lowest BCUT2D eigenvalue weighted by atomic mass is 9.58. The number of allylic oxidation sites excluding steroid dienone is 2. The number of aromatic nitrogens is 1. The average Bonchev–Trinajstić information content (AvgIpc) is 3.88. The molecule has 2 aliphatic heterocycles. The molecule has 4 heteroatoms. The SMILES string of the molecule is C=C1C=C(c2ccccc2)N(C)c2cc3c(cc21)Bc1c(-c2cc4c(cc2Nc2ccc(C(C)(C)C)cc2)C(C)(C)c2ccc(C(C)(C)C)cc2-4)ccc2c4cc5c(cc4n-3c12)C(C)(C)c1ccccc1-5. The van der Waals surface area contributed by atoms with E-state index in [1.165, 1.54) is 122 Å². The fourth-order valence-electron chi connectivity index (χ4n) is 12.9. The Balaban J connectivity index is 1.09. The number of fused-ring (bicyclic) bond motifs is 12. The molecule has 3 heterocycles. The smallest absolute Gasteiger partial charge is 0.198 e. The number of hydrogen-bond acceptors (Lipinski definition) is 2. The molecule has 8 aromatic carbocycles. The van der Waals surface area contributed by atoms with Crippen molar-refractivity contribution in [2.75, 3.05) is 17.3 Å². The summed E-state index contributed by atoms with van der Waals surface area (Å²) in [7, 11) is 3.00. The highest BCUT2D eigenvalue weighted by molar-refractivity contribution is 6.73. The summed E-state index contributed by atoms with van der Waals surface area (Å²) in [4.78, 5) is 2.37. The first-order valence-corrected chi connectivity index (χ1v) is 25.6. The van der Waals surface area contributed by atoms with E-state index >= 15 is 0 Å². The Labute approximate surface area is 420 Å². The minimum Gasteiger partial charge on any atom is -0.355 e. The molecule has 0 unspecified atom stereocenters. The molecule has 0 radical (unpaired) electrons. The molecule has 4 aliphatic rings. The van der Waals surface area contributed by atoms with Gasteiger partial charge in [0.1, 0.15) is 0 Å².